The zero-order valence-electron chi connectivity index (χ0n) is 12.8. The molecule has 3 aromatic carbocycles. The van der Waals surface area contributed by atoms with E-state index in [1.54, 1.807) is 36.4 Å². The van der Waals surface area contributed by atoms with Gasteiger partial charge in [-0.3, -0.25) is 9.59 Å². The second-order valence-electron chi connectivity index (χ2n) is 5.31. The van der Waals surface area contributed by atoms with Gasteiger partial charge in [0.05, 0.1) is 6.07 Å². The summed E-state index contributed by atoms with van der Waals surface area (Å²) in [7, 11) is 0. The number of Topliss-reactive ketones (excluding diaryl/α,β-unsaturated/α-hetero) is 1. The van der Waals surface area contributed by atoms with E-state index >= 15 is 0 Å². The van der Waals surface area contributed by atoms with Crippen LogP contribution in [0, 0.1) is 11.3 Å². The largest absolute Gasteiger partial charge is 0.319 e. The van der Waals surface area contributed by atoms with E-state index in [0.717, 1.165) is 10.8 Å². The Morgan fingerprint density at radius 3 is 2.29 bits per heavy atom. The van der Waals surface area contributed by atoms with Gasteiger partial charge < -0.3 is 5.32 Å². The van der Waals surface area contributed by atoms with Gasteiger partial charge in [-0.1, -0.05) is 60.7 Å². The Kier molecular flexibility index (Phi) is 4.35. The van der Waals surface area contributed by atoms with Crippen molar-refractivity contribution in [3.63, 3.8) is 0 Å². The van der Waals surface area contributed by atoms with Gasteiger partial charge in [0.2, 0.25) is 5.78 Å². The highest BCUT2D eigenvalue weighted by Gasteiger charge is 2.28. The maximum absolute atomic E-state index is 12.5. The molecule has 0 spiro atoms. The molecule has 1 atom stereocenters. The van der Waals surface area contributed by atoms with E-state index in [1.807, 2.05) is 42.5 Å². The molecule has 0 saturated heterocycles. The predicted molar refractivity (Wildman–Crippen MR) is 92.4 cm³/mol. The summed E-state index contributed by atoms with van der Waals surface area (Å²) in [6.45, 7) is 0. The zero-order valence-corrected chi connectivity index (χ0v) is 12.8. The normalized spacial score (nSPS) is 11.5. The Balaban J connectivity index is 1.92. The van der Waals surface area contributed by atoms with Crippen LogP contribution in [0.5, 0.6) is 0 Å². The lowest BCUT2D eigenvalue weighted by Crippen LogP contribution is -2.27. The minimum Gasteiger partial charge on any atom is -0.319 e. The average molecular weight is 314 g/mol. The summed E-state index contributed by atoms with van der Waals surface area (Å²) in [5.74, 6) is -2.70. The van der Waals surface area contributed by atoms with Crippen molar-refractivity contribution >= 4 is 28.2 Å². The van der Waals surface area contributed by atoms with Crippen LogP contribution < -0.4 is 5.32 Å². The number of benzene rings is 3. The number of carbonyl (C=O) groups excluding carboxylic acids is 2. The quantitative estimate of drug-likeness (QED) is 0.747. The molecule has 0 unspecified atom stereocenters. The summed E-state index contributed by atoms with van der Waals surface area (Å²) < 4.78 is 0. The molecule has 0 bridgehead atoms. The fourth-order valence-electron chi connectivity index (χ4n) is 2.62. The van der Waals surface area contributed by atoms with Crippen LogP contribution >= 0.6 is 0 Å². The molecule has 1 amide bonds. The van der Waals surface area contributed by atoms with E-state index < -0.39 is 17.6 Å². The van der Waals surface area contributed by atoms with Crippen molar-refractivity contribution in [1.82, 2.24) is 0 Å². The number of fused-ring (bicyclic) bond motifs is 1. The van der Waals surface area contributed by atoms with Crippen LogP contribution in [0.4, 0.5) is 5.69 Å². The van der Waals surface area contributed by atoms with E-state index in [2.05, 4.69) is 5.32 Å². The molecule has 0 heterocycles. The molecule has 0 aliphatic carbocycles. The summed E-state index contributed by atoms with van der Waals surface area (Å²) in [6.07, 6.45) is 0. The van der Waals surface area contributed by atoms with Crippen LogP contribution in [0.1, 0.15) is 11.5 Å². The lowest BCUT2D eigenvalue weighted by molar-refractivity contribution is -0.135. The minimum absolute atomic E-state index is 0.519. The highest BCUT2D eigenvalue weighted by Crippen LogP contribution is 2.26. The SMILES string of the molecule is N#C[C@@H](C(=O)C(=O)Nc1ccccc1)c1cccc2ccccc12. The Labute approximate surface area is 139 Å². The number of carbonyl (C=O) groups is 2. The molecule has 0 aliphatic heterocycles. The summed E-state index contributed by atoms with van der Waals surface area (Å²) >= 11 is 0. The van der Waals surface area contributed by atoms with Gasteiger partial charge in [-0.25, -0.2) is 0 Å². The van der Waals surface area contributed by atoms with Crippen molar-refractivity contribution in [3.8, 4) is 6.07 Å². The van der Waals surface area contributed by atoms with Gasteiger partial charge >= 0.3 is 0 Å². The molecule has 0 aliphatic rings. The summed E-state index contributed by atoms with van der Waals surface area (Å²) in [5.41, 5.74) is 1.06. The number of nitrogens with zero attached hydrogens (tertiary/aromatic N) is 1. The lowest BCUT2D eigenvalue weighted by Gasteiger charge is -2.12. The lowest BCUT2D eigenvalue weighted by atomic mass is 9.91. The van der Waals surface area contributed by atoms with Crippen molar-refractivity contribution in [3.05, 3.63) is 78.4 Å². The monoisotopic (exact) mass is 314 g/mol. The van der Waals surface area contributed by atoms with Gasteiger partial charge in [-0.2, -0.15) is 5.26 Å². The molecular weight excluding hydrogens is 300 g/mol. The molecule has 0 aromatic heterocycles. The van der Waals surface area contributed by atoms with Crippen LogP contribution in [0.15, 0.2) is 72.8 Å². The van der Waals surface area contributed by atoms with E-state index in [9.17, 15) is 14.9 Å². The number of amides is 1. The molecule has 0 radical (unpaired) electrons. The number of ketones is 1. The van der Waals surface area contributed by atoms with E-state index in [4.69, 9.17) is 0 Å². The van der Waals surface area contributed by atoms with Crippen LogP contribution in [0.25, 0.3) is 10.8 Å². The molecule has 3 rings (SSSR count). The number of nitrogens with one attached hydrogen (secondary N) is 1. The number of hydrogen-bond acceptors (Lipinski definition) is 3. The third-order valence-electron chi connectivity index (χ3n) is 3.78. The van der Waals surface area contributed by atoms with Crippen LogP contribution in [-0.4, -0.2) is 11.7 Å². The molecule has 1 N–H and O–H groups in total. The number of anilines is 1. The van der Waals surface area contributed by atoms with Gasteiger partial charge in [0, 0.05) is 5.69 Å². The molecule has 3 aromatic rings. The predicted octanol–water partition coefficient (Wildman–Crippen LogP) is 3.65. The first-order valence-electron chi connectivity index (χ1n) is 7.48. The first kappa shape index (κ1) is 15.4. The second kappa shape index (κ2) is 6.76. The molecule has 116 valence electrons. The standard InChI is InChI=1S/C20H14N2O2/c21-13-18(17-12-6-8-14-7-4-5-11-16(14)17)19(23)20(24)22-15-9-2-1-3-10-15/h1-12,18H,(H,22,24)/t18-/m1/s1. The molecule has 4 heteroatoms. The van der Waals surface area contributed by atoms with Gasteiger partial charge in [-0.15, -0.1) is 0 Å². The third-order valence-corrected chi connectivity index (χ3v) is 3.78. The third kappa shape index (κ3) is 3.01. The topological polar surface area (TPSA) is 70.0 Å². The highest BCUT2D eigenvalue weighted by atomic mass is 16.2. The fraction of sp³-hybridized carbons (Fsp3) is 0.0500. The summed E-state index contributed by atoms with van der Waals surface area (Å²) in [5, 5.41) is 13.7. The van der Waals surface area contributed by atoms with Crippen molar-refractivity contribution in [2.75, 3.05) is 5.32 Å². The number of rotatable bonds is 4. The van der Waals surface area contributed by atoms with Crippen LogP contribution in [0.3, 0.4) is 0 Å². The zero-order chi connectivity index (χ0) is 16.9. The van der Waals surface area contributed by atoms with Gasteiger partial charge in [0.25, 0.3) is 5.91 Å². The van der Waals surface area contributed by atoms with Crippen LogP contribution in [-0.2, 0) is 9.59 Å². The van der Waals surface area contributed by atoms with E-state index in [-0.39, 0.29) is 0 Å². The fourth-order valence-corrected chi connectivity index (χ4v) is 2.62. The second-order valence-corrected chi connectivity index (χ2v) is 5.31. The minimum atomic E-state index is -1.14. The maximum Gasteiger partial charge on any atom is 0.293 e. The molecule has 0 fully saturated rings. The Morgan fingerprint density at radius 2 is 1.54 bits per heavy atom. The average Bonchev–Trinajstić information content (AvgIpc) is 2.63. The molecular formula is C20H14N2O2. The number of para-hydroxylation sites is 1. The maximum atomic E-state index is 12.5. The first-order valence-corrected chi connectivity index (χ1v) is 7.48. The highest BCUT2D eigenvalue weighted by molar-refractivity contribution is 6.43. The smallest absolute Gasteiger partial charge is 0.293 e. The molecule has 0 saturated carbocycles. The summed E-state index contributed by atoms with van der Waals surface area (Å²) in [6, 6.07) is 23.5. The Morgan fingerprint density at radius 1 is 0.875 bits per heavy atom. The van der Waals surface area contributed by atoms with Gasteiger partial charge in [-0.05, 0) is 28.5 Å². The van der Waals surface area contributed by atoms with Gasteiger partial charge in [0.15, 0.2) is 0 Å². The van der Waals surface area contributed by atoms with E-state index in [1.165, 1.54) is 0 Å². The van der Waals surface area contributed by atoms with Crippen molar-refractivity contribution in [2.24, 2.45) is 0 Å². The molecule has 4 nitrogen and oxygen atoms in total. The van der Waals surface area contributed by atoms with Gasteiger partial charge in [0.1, 0.15) is 5.92 Å². The Bertz CT molecular complexity index is 937. The van der Waals surface area contributed by atoms with Crippen molar-refractivity contribution in [2.45, 2.75) is 5.92 Å². The van der Waals surface area contributed by atoms with Crippen LogP contribution in [0.2, 0.25) is 0 Å². The summed E-state index contributed by atoms with van der Waals surface area (Å²) in [4.78, 5) is 24.7. The molecule has 24 heavy (non-hydrogen) atoms. The van der Waals surface area contributed by atoms with E-state index in [0.29, 0.717) is 11.3 Å². The number of nitriles is 1. The first-order chi connectivity index (χ1) is 11.7. The Hall–Kier alpha value is -3.45. The van der Waals surface area contributed by atoms with Crippen molar-refractivity contribution in [1.29, 1.82) is 5.26 Å². The number of hydrogen-bond donors (Lipinski definition) is 1. The van der Waals surface area contributed by atoms with Crippen molar-refractivity contribution < 1.29 is 9.59 Å².